The van der Waals surface area contributed by atoms with Gasteiger partial charge < -0.3 is 10.1 Å². The van der Waals surface area contributed by atoms with Crippen molar-refractivity contribution < 1.29 is 17.9 Å². The van der Waals surface area contributed by atoms with E-state index in [-0.39, 0.29) is 12.6 Å². The minimum Gasteiger partial charge on any atom is -0.371 e. The molecule has 20 heavy (non-hydrogen) atoms. The van der Waals surface area contributed by atoms with Crippen molar-refractivity contribution in [2.75, 3.05) is 19.8 Å². The average Bonchev–Trinajstić information content (AvgIpc) is 2.79. The molecule has 1 aromatic rings. The predicted octanol–water partition coefficient (Wildman–Crippen LogP) is 1.32. The molecule has 1 aliphatic heterocycles. The predicted molar refractivity (Wildman–Crippen MR) is 66.4 cm³/mol. The Kier molecular flexibility index (Phi) is 4.98. The second-order valence-corrected chi connectivity index (χ2v) is 4.84. The van der Waals surface area contributed by atoms with E-state index in [1.807, 2.05) is 11.6 Å². The van der Waals surface area contributed by atoms with Crippen LogP contribution in [0.25, 0.3) is 0 Å². The van der Waals surface area contributed by atoms with Crippen LogP contribution in [0.5, 0.6) is 0 Å². The maximum atomic E-state index is 11.9. The van der Waals surface area contributed by atoms with Gasteiger partial charge in [0.05, 0.1) is 13.2 Å². The highest BCUT2D eigenvalue weighted by Crippen LogP contribution is 2.15. The third-order valence-electron chi connectivity index (χ3n) is 3.16. The lowest BCUT2D eigenvalue weighted by atomic mass is 10.1. The molecule has 0 bridgehead atoms. The van der Waals surface area contributed by atoms with E-state index in [1.54, 1.807) is 0 Å². The van der Waals surface area contributed by atoms with Crippen LogP contribution in [-0.2, 0) is 24.1 Å². The van der Waals surface area contributed by atoms with E-state index >= 15 is 0 Å². The first-order valence-electron chi connectivity index (χ1n) is 6.78. The van der Waals surface area contributed by atoms with E-state index in [4.69, 9.17) is 0 Å². The van der Waals surface area contributed by atoms with E-state index in [2.05, 4.69) is 20.1 Å². The Bertz CT molecular complexity index is 433. The molecule has 0 fully saturated rings. The Morgan fingerprint density at radius 1 is 1.45 bits per heavy atom. The van der Waals surface area contributed by atoms with Crippen LogP contribution in [0.3, 0.4) is 0 Å². The van der Waals surface area contributed by atoms with Gasteiger partial charge in [0.25, 0.3) is 0 Å². The quantitative estimate of drug-likeness (QED) is 0.804. The van der Waals surface area contributed by atoms with Gasteiger partial charge in [0.15, 0.2) is 5.82 Å². The van der Waals surface area contributed by atoms with Crippen LogP contribution >= 0.6 is 0 Å². The molecule has 1 aliphatic rings. The smallest absolute Gasteiger partial charge is 0.371 e. The molecule has 0 saturated carbocycles. The Morgan fingerprint density at radius 2 is 2.25 bits per heavy atom. The minimum atomic E-state index is -4.25. The summed E-state index contributed by atoms with van der Waals surface area (Å²) in [5, 5.41) is 7.58. The van der Waals surface area contributed by atoms with Crippen LogP contribution in [-0.4, -0.2) is 46.7 Å². The lowest BCUT2D eigenvalue weighted by Gasteiger charge is -2.23. The highest BCUT2D eigenvalue weighted by Gasteiger charge is 2.27. The van der Waals surface area contributed by atoms with Crippen molar-refractivity contribution in [2.45, 2.75) is 44.9 Å². The van der Waals surface area contributed by atoms with E-state index in [0.29, 0.717) is 13.1 Å². The van der Waals surface area contributed by atoms with Crippen LogP contribution < -0.4 is 5.32 Å². The molecule has 5 nitrogen and oxygen atoms in total. The summed E-state index contributed by atoms with van der Waals surface area (Å²) >= 11 is 0. The standard InChI is InChI=1S/C12H19F3N4O/c1-2-10-17-11-4-3-9(7-19(11)18-10)16-5-6-20-8-12(13,14)15/h9,16H,2-8H2,1H3/t9-/m0/s1. The van der Waals surface area contributed by atoms with Crippen molar-refractivity contribution in [3.8, 4) is 0 Å². The third kappa shape index (κ3) is 4.45. The Balaban J connectivity index is 1.68. The summed E-state index contributed by atoms with van der Waals surface area (Å²) in [6.45, 7) is 1.99. The molecule has 0 radical (unpaired) electrons. The number of nitrogens with one attached hydrogen (secondary N) is 1. The van der Waals surface area contributed by atoms with E-state index in [0.717, 1.165) is 30.9 Å². The highest BCUT2D eigenvalue weighted by atomic mass is 19.4. The van der Waals surface area contributed by atoms with Gasteiger partial charge in [0, 0.05) is 25.4 Å². The molecule has 0 saturated heterocycles. The zero-order valence-corrected chi connectivity index (χ0v) is 11.4. The van der Waals surface area contributed by atoms with Crippen LogP contribution in [0.4, 0.5) is 13.2 Å². The SMILES string of the molecule is CCc1nc2n(n1)C[C@@H](NCCOCC(F)(F)F)CC2. The number of rotatable bonds is 6. The second-order valence-electron chi connectivity index (χ2n) is 4.84. The van der Waals surface area contributed by atoms with Crippen molar-refractivity contribution in [1.29, 1.82) is 0 Å². The van der Waals surface area contributed by atoms with E-state index in [1.165, 1.54) is 0 Å². The number of halogens is 3. The van der Waals surface area contributed by atoms with Gasteiger partial charge in [-0.2, -0.15) is 18.3 Å². The molecule has 0 aliphatic carbocycles. The zero-order valence-electron chi connectivity index (χ0n) is 11.4. The molecule has 0 unspecified atom stereocenters. The summed E-state index contributed by atoms with van der Waals surface area (Å²) in [5.41, 5.74) is 0. The number of aromatic nitrogens is 3. The second kappa shape index (κ2) is 6.53. The third-order valence-corrected chi connectivity index (χ3v) is 3.16. The Morgan fingerprint density at radius 3 is 2.95 bits per heavy atom. The molecule has 1 N–H and O–H groups in total. The van der Waals surface area contributed by atoms with Crippen molar-refractivity contribution in [1.82, 2.24) is 20.1 Å². The van der Waals surface area contributed by atoms with E-state index in [9.17, 15) is 13.2 Å². The number of aryl methyl sites for hydroxylation is 2. The monoisotopic (exact) mass is 292 g/mol. The molecule has 0 aromatic carbocycles. The van der Waals surface area contributed by atoms with E-state index < -0.39 is 12.8 Å². The molecular weight excluding hydrogens is 273 g/mol. The van der Waals surface area contributed by atoms with Crippen LogP contribution in [0.15, 0.2) is 0 Å². The summed E-state index contributed by atoms with van der Waals surface area (Å²) in [7, 11) is 0. The highest BCUT2D eigenvalue weighted by molar-refractivity contribution is 4.97. The fraction of sp³-hybridized carbons (Fsp3) is 0.833. The molecule has 1 atom stereocenters. The van der Waals surface area contributed by atoms with Gasteiger partial charge in [-0.1, -0.05) is 6.92 Å². The Labute approximate surface area is 115 Å². The van der Waals surface area contributed by atoms with Crippen molar-refractivity contribution in [3.05, 3.63) is 11.6 Å². The van der Waals surface area contributed by atoms with Gasteiger partial charge in [-0.05, 0) is 6.42 Å². The lowest BCUT2D eigenvalue weighted by Crippen LogP contribution is -2.39. The molecule has 0 amide bonds. The number of ether oxygens (including phenoxy) is 1. The number of hydrogen-bond acceptors (Lipinski definition) is 4. The van der Waals surface area contributed by atoms with Crippen molar-refractivity contribution >= 4 is 0 Å². The fourth-order valence-corrected chi connectivity index (χ4v) is 2.20. The average molecular weight is 292 g/mol. The number of fused-ring (bicyclic) bond motifs is 1. The van der Waals surface area contributed by atoms with Crippen molar-refractivity contribution in [3.63, 3.8) is 0 Å². The summed E-state index contributed by atoms with van der Waals surface area (Å²) in [6.07, 6.45) is -1.68. The number of alkyl halides is 3. The molecule has 8 heteroatoms. The first kappa shape index (κ1) is 15.2. The summed E-state index contributed by atoms with van der Waals surface area (Å²) in [4.78, 5) is 4.41. The van der Waals surface area contributed by atoms with Crippen LogP contribution in [0.2, 0.25) is 0 Å². The van der Waals surface area contributed by atoms with Gasteiger partial charge in [0.2, 0.25) is 0 Å². The first-order valence-corrected chi connectivity index (χ1v) is 6.78. The van der Waals surface area contributed by atoms with Gasteiger partial charge in [-0.3, -0.25) is 0 Å². The largest absolute Gasteiger partial charge is 0.411 e. The molecule has 2 heterocycles. The summed E-state index contributed by atoms with van der Waals surface area (Å²) in [6, 6.07) is 0.211. The van der Waals surface area contributed by atoms with Gasteiger partial charge in [-0.25, -0.2) is 9.67 Å². The normalized spacial score (nSPS) is 19.1. The first-order chi connectivity index (χ1) is 9.48. The molecule has 2 rings (SSSR count). The van der Waals surface area contributed by atoms with Crippen molar-refractivity contribution in [2.24, 2.45) is 0 Å². The van der Waals surface area contributed by atoms with Crippen LogP contribution in [0.1, 0.15) is 25.0 Å². The Hall–Kier alpha value is -1.15. The fourth-order valence-electron chi connectivity index (χ4n) is 2.20. The summed E-state index contributed by atoms with van der Waals surface area (Å²) < 4.78 is 42.1. The lowest BCUT2D eigenvalue weighted by molar-refractivity contribution is -0.173. The zero-order chi connectivity index (χ0) is 14.6. The van der Waals surface area contributed by atoms with Gasteiger partial charge >= 0.3 is 6.18 Å². The molecular formula is C12H19F3N4O. The number of hydrogen-bond donors (Lipinski definition) is 1. The topological polar surface area (TPSA) is 52.0 Å². The molecule has 0 spiro atoms. The van der Waals surface area contributed by atoms with Gasteiger partial charge in [-0.15, -0.1) is 0 Å². The maximum absolute atomic E-state index is 11.9. The van der Waals surface area contributed by atoms with Crippen LogP contribution in [0, 0.1) is 0 Å². The minimum absolute atomic E-state index is 0.0560. The van der Waals surface area contributed by atoms with Gasteiger partial charge in [0.1, 0.15) is 12.4 Å². The molecule has 1 aromatic heterocycles. The summed E-state index contributed by atoms with van der Waals surface area (Å²) in [5.74, 6) is 1.84. The number of nitrogens with zero attached hydrogens (tertiary/aromatic N) is 3. The maximum Gasteiger partial charge on any atom is 0.411 e. The molecule has 114 valence electrons.